The molecule has 1 aromatic carbocycles. The SMILES string of the molecule is C=CCc1cc(OC)c2ooc2c1. The molecule has 0 aliphatic carbocycles. The Labute approximate surface area is 75.5 Å². The smallest absolute Gasteiger partial charge is 0.267 e. The zero-order chi connectivity index (χ0) is 9.26. The van der Waals surface area contributed by atoms with Gasteiger partial charge in [-0.25, -0.2) is 0 Å². The van der Waals surface area contributed by atoms with Gasteiger partial charge >= 0.3 is 0 Å². The van der Waals surface area contributed by atoms with Gasteiger partial charge in [0.05, 0.1) is 7.11 Å². The molecule has 0 spiro atoms. The average molecular weight is 178 g/mol. The maximum absolute atomic E-state index is 5.12. The Kier molecular flexibility index (Phi) is 1.85. The van der Waals surface area contributed by atoms with Crippen LogP contribution in [-0.4, -0.2) is 7.11 Å². The third-order valence-electron chi connectivity index (χ3n) is 1.90. The standard InChI is InChI=1S/C10H10O3/c1-3-4-7-5-8(11-2)10-9(6-7)12-13-10/h3,5-6H,1,4H2,2H3. The van der Waals surface area contributed by atoms with E-state index in [-0.39, 0.29) is 0 Å². The van der Waals surface area contributed by atoms with Crippen molar-refractivity contribution in [1.29, 1.82) is 0 Å². The van der Waals surface area contributed by atoms with E-state index in [0.717, 1.165) is 17.6 Å². The number of benzene rings is 1. The molecular weight excluding hydrogens is 168 g/mol. The van der Waals surface area contributed by atoms with Gasteiger partial charge in [-0.1, -0.05) is 6.08 Å². The molecular formula is C10H10O3. The van der Waals surface area contributed by atoms with Crippen LogP contribution < -0.4 is 4.74 Å². The summed E-state index contributed by atoms with van der Waals surface area (Å²) in [6.07, 6.45) is 2.63. The fourth-order valence-electron chi connectivity index (χ4n) is 1.26. The van der Waals surface area contributed by atoms with Gasteiger partial charge in [-0.3, -0.25) is 9.15 Å². The quantitative estimate of drug-likeness (QED) is 0.535. The number of hydrogen-bond donors (Lipinski definition) is 0. The maximum atomic E-state index is 5.12. The predicted octanol–water partition coefficient (Wildman–Crippen LogP) is 2.76. The highest BCUT2D eigenvalue weighted by Gasteiger charge is 2.12. The molecule has 68 valence electrons. The van der Waals surface area contributed by atoms with Crippen LogP contribution in [0.3, 0.4) is 0 Å². The summed E-state index contributed by atoms with van der Waals surface area (Å²) in [4.78, 5) is 0. The van der Waals surface area contributed by atoms with E-state index in [4.69, 9.17) is 13.9 Å². The highest BCUT2D eigenvalue weighted by molar-refractivity contribution is 5.78. The highest BCUT2D eigenvalue weighted by Crippen LogP contribution is 2.30. The summed E-state index contributed by atoms with van der Waals surface area (Å²) in [7, 11) is 1.61. The van der Waals surface area contributed by atoms with E-state index in [1.807, 2.05) is 18.2 Å². The number of rotatable bonds is 3. The molecule has 0 N–H and O–H groups in total. The molecule has 1 aromatic heterocycles. The molecule has 0 fully saturated rings. The Morgan fingerprint density at radius 3 is 2.85 bits per heavy atom. The number of ether oxygens (including phenoxy) is 1. The molecule has 2 aromatic rings. The molecule has 0 atom stereocenters. The second kappa shape index (κ2) is 3.01. The van der Waals surface area contributed by atoms with Crippen LogP contribution in [0.15, 0.2) is 33.9 Å². The molecule has 0 aliphatic heterocycles. The molecule has 13 heavy (non-hydrogen) atoms. The third kappa shape index (κ3) is 1.22. The largest absolute Gasteiger partial charge is 0.492 e. The summed E-state index contributed by atoms with van der Waals surface area (Å²) in [5.41, 5.74) is 2.51. The summed E-state index contributed by atoms with van der Waals surface area (Å²) in [5, 5.41) is 0. The molecule has 2 rings (SSSR count). The van der Waals surface area contributed by atoms with Crippen molar-refractivity contribution >= 4 is 11.2 Å². The number of hydrogen-bond acceptors (Lipinski definition) is 3. The van der Waals surface area contributed by atoms with Gasteiger partial charge < -0.3 is 4.74 Å². The molecule has 0 saturated carbocycles. The van der Waals surface area contributed by atoms with Crippen molar-refractivity contribution in [2.24, 2.45) is 0 Å². The lowest BCUT2D eigenvalue weighted by molar-refractivity contribution is 0.0564. The van der Waals surface area contributed by atoms with Crippen LogP contribution in [0.4, 0.5) is 0 Å². The molecule has 3 nitrogen and oxygen atoms in total. The Hall–Kier alpha value is -1.64. The van der Waals surface area contributed by atoms with Crippen LogP contribution >= 0.6 is 0 Å². The molecule has 0 radical (unpaired) electrons. The van der Waals surface area contributed by atoms with Gasteiger partial charge in [0.25, 0.3) is 5.58 Å². The zero-order valence-corrected chi connectivity index (χ0v) is 7.37. The van der Waals surface area contributed by atoms with Crippen molar-refractivity contribution in [3.63, 3.8) is 0 Å². The van der Waals surface area contributed by atoms with Crippen molar-refractivity contribution in [3.05, 3.63) is 30.4 Å². The molecule has 0 unspecified atom stereocenters. The first kappa shape index (κ1) is 7.98. The minimum atomic E-state index is 0.676. The fourth-order valence-corrected chi connectivity index (χ4v) is 1.26. The number of allylic oxidation sites excluding steroid dienone is 1. The Balaban J connectivity index is 2.49. The normalized spacial score (nSPS) is 10.5. The summed E-state index contributed by atoms with van der Waals surface area (Å²) in [5.74, 6) is 0.709. The topological polar surface area (TPSA) is 35.5 Å². The van der Waals surface area contributed by atoms with Gasteiger partial charge in [0.2, 0.25) is 5.58 Å². The van der Waals surface area contributed by atoms with E-state index in [1.165, 1.54) is 0 Å². The van der Waals surface area contributed by atoms with E-state index >= 15 is 0 Å². The molecule has 0 bridgehead atoms. The van der Waals surface area contributed by atoms with Gasteiger partial charge in [-0.15, -0.1) is 6.58 Å². The van der Waals surface area contributed by atoms with E-state index in [0.29, 0.717) is 11.3 Å². The Morgan fingerprint density at radius 1 is 1.46 bits per heavy atom. The number of fused-ring (bicyclic) bond motifs is 1. The second-order valence-corrected chi connectivity index (χ2v) is 2.78. The van der Waals surface area contributed by atoms with E-state index in [9.17, 15) is 0 Å². The van der Waals surface area contributed by atoms with E-state index < -0.39 is 0 Å². The summed E-state index contributed by atoms with van der Waals surface area (Å²) < 4.78 is 14.7. The lowest BCUT2D eigenvalue weighted by atomic mass is 10.1. The second-order valence-electron chi connectivity index (χ2n) is 2.78. The van der Waals surface area contributed by atoms with Crippen LogP contribution in [0.1, 0.15) is 5.56 Å². The Morgan fingerprint density at radius 2 is 2.31 bits per heavy atom. The van der Waals surface area contributed by atoms with Crippen LogP contribution in [0.25, 0.3) is 11.2 Å². The van der Waals surface area contributed by atoms with Crippen LogP contribution in [-0.2, 0) is 6.42 Å². The monoisotopic (exact) mass is 178 g/mol. The van der Waals surface area contributed by atoms with E-state index in [2.05, 4.69) is 6.58 Å². The van der Waals surface area contributed by atoms with Crippen LogP contribution in [0.5, 0.6) is 5.75 Å². The Bertz CT molecular complexity index is 422. The van der Waals surface area contributed by atoms with Crippen molar-refractivity contribution in [1.82, 2.24) is 0 Å². The molecule has 3 heteroatoms. The maximum Gasteiger partial charge on any atom is 0.267 e. The minimum Gasteiger partial charge on any atom is -0.492 e. The zero-order valence-electron chi connectivity index (χ0n) is 7.37. The van der Waals surface area contributed by atoms with Crippen LogP contribution in [0.2, 0.25) is 0 Å². The van der Waals surface area contributed by atoms with Gasteiger partial charge in [-0.05, 0) is 24.1 Å². The molecule has 0 aliphatic rings. The first-order valence-electron chi connectivity index (χ1n) is 4.01. The first-order valence-corrected chi connectivity index (χ1v) is 4.01. The fraction of sp³-hybridized carbons (Fsp3) is 0.200. The van der Waals surface area contributed by atoms with Crippen molar-refractivity contribution in [2.75, 3.05) is 7.11 Å². The van der Waals surface area contributed by atoms with Crippen molar-refractivity contribution in [3.8, 4) is 5.75 Å². The minimum absolute atomic E-state index is 0.676. The number of methoxy groups -OCH3 is 1. The van der Waals surface area contributed by atoms with E-state index in [1.54, 1.807) is 7.11 Å². The van der Waals surface area contributed by atoms with Gasteiger partial charge in [-0.2, -0.15) is 0 Å². The summed E-state index contributed by atoms with van der Waals surface area (Å²) >= 11 is 0. The predicted molar refractivity (Wildman–Crippen MR) is 48.9 cm³/mol. The molecule has 0 amide bonds. The van der Waals surface area contributed by atoms with Gasteiger partial charge in [0, 0.05) is 0 Å². The summed E-state index contributed by atoms with van der Waals surface area (Å²) in [6, 6.07) is 3.84. The lowest BCUT2D eigenvalue weighted by Crippen LogP contribution is -1.90. The molecule has 1 heterocycles. The summed E-state index contributed by atoms with van der Waals surface area (Å²) in [6.45, 7) is 3.67. The molecule has 0 saturated heterocycles. The van der Waals surface area contributed by atoms with Crippen LogP contribution in [0, 0.1) is 0 Å². The third-order valence-corrected chi connectivity index (χ3v) is 1.90. The van der Waals surface area contributed by atoms with Gasteiger partial charge in [0.15, 0.2) is 5.75 Å². The average Bonchev–Trinajstić information content (AvgIpc) is 2.09. The van der Waals surface area contributed by atoms with Crippen molar-refractivity contribution < 1.29 is 13.9 Å². The van der Waals surface area contributed by atoms with Gasteiger partial charge in [0.1, 0.15) is 0 Å². The highest BCUT2D eigenvalue weighted by atomic mass is 17.0. The first-order chi connectivity index (χ1) is 6.35. The lowest BCUT2D eigenvalue weighted by Gasteiger charge is -2.06. The van der Waals surface area contributed by atoms with Crippen molar-refractivity contribution in [2.45, 2.75) is 6.42 Å².